The van der Waals surface area contributed by atoms with Crippen LogP contribution >= 0.6 is 0 Å². The number of imidazole rings is 1. The number of nitrogens with two attached hydrogens (primary N) is 1. The van der Waals surface area contributed by atoms with Crippen LogP contribution in [0.4, 0.5) is 4.79 Å². The summed E-state index contributed by atoms with van der Waals surface area (Å²) < 4.78 is 4.58. The van der Waals surface area contributed by atoms with Crippen LogP contribution in [-0.4, -0.2) is 34.8 Å². The Morgan fingerprint density at radius 2 is 1.91 bits per heavy atom. The molecule has 1 fully saturated rings. The molecule has 1 saturated heterocycles. The summed E-state index contributed by atoms with van der Waals surface area (Å²) in [5.74, 6) is 1.77. The number of carbonyl (C=O) groups excluding carboxylic acids is 1. The van der Waals surface area contributed by atoms with Crippen LogP contribution in [-0.2, 0) is 4.74 Å². The molecule has 1 aliphatic rings. The zero-order chi connectivity index (χ0) is 16.9. The number of nitrogens with one attached hydrogen (secondary N) is 2. The van der Waals surface area contributed by atoms with Gasteiger partial charge in [-0.25, -0.2) is 9.78 Å². The molecule has 126 valence electrons. The van der Waals surface area contributed by atoms with Crippen molar-refractivity contribution in [2.45, 2.75) is 45.1 Å². The lowest BCUT2D eigenvalue weighted by atomic mass is 9.98. The fourth-order valence-corrected chi connectivity index (χ4v) is 2.56. The van der Waals surface area contributed by atoms with Gasteiger partial charge in [0.2, 0.25) is 0 Å². The minimum atomic E-state index is -0.725. The fraction of sp³-hybridized carbons (Fsp3) is 0.529. The molecule has 4 N–H and O–H groups in total. The highest BCUT2D eigenvalue weighted by molar-refractivity contribution is 5.74. The number of H-pyrrole nitrogens is 1. The number of fused-ring (bicyclic) bond motifs is 1. The van der Waals surface area contributed by atoms with E-state index in [4.69, 9.17) is 5.73 Å². The minimum absolute atomic E-state index is 0.453. The van der Waals surface area contributed by atoms with Crippen molar-refractivity contribution in [1.29, 1.82) is 0 Å². The normalized spacial score (nSPS) is 15.8. The molecule has 2 aromatic rings. The van der Waals surface area contributed by atoms with Crippen LogP contribution in [0.25, 0.3) is 11.0 Å². The predicted molar refractivity (Wildman–Crippen MR) is 91.4 cm³/mol. The number of piperidine rings is 1. The third-order valence-electron chi connectivity index (χ3n) is 3.54. The Hall–Kier alpha value is -2.08. The van der Waals surface area contributed by atoms with Crippen LogP contribution in [0.1, 0.15) is 45.4 Å². The van der Waals surface area contributed by atoms with Crippen LogP contribution < -0.4 is 11.1 Å². The van der Waals surface area contributed by atoms with Crippen molar-refractivity contribution in [1.82, 2.24) is 15.3 Å². The summed E-state index contributed by atoms with van der Waals surface area (Å²) in [7, 11) is 0. The zero-order valence-electron chi connectivity index (χ0n) is 14.1. The molecule has 23 heavy (non-hydrogen) atoms. The average molecular weight is 318 g/mol. The first-order valence-corrected chi connectivity index (χ1v) is 7.99. The molecule has 2 heterocycles. The molecule has 0 bridgehead atoms. The monoisotopic (exact) mass is 318 g/mol. The second kappa shape index (κ2) is 7.46. The Morgan fingerprint density at radius 3 is 2.43 bits per heavy atom. The predicted octanol–water partition coefficient (Wildman–Crippen LogP) is 2.91. The largest absolute Gasteiger partial charge is 0.444 e. The zero-order valence-corrected chi connectivity index (χ0v) is 14.1. The Bertz CT molecular complexity index is 606. The van der Waals surface area contributed by atoms with Gasteiger partial charge in [-0.3, -0.25) is 0 Å². The Kier molecular flexibility index (Phi) is 5.60. The van der Waals surface area contributed by atoms with E-state index in [1.807, 2.05) is 12.1 Å². The van der Waals surface area contributed by atoms with Gasteiger partial charge in [0.1, 0.15) is 11.4 Å². The second-order valence-corrected chi connectivity index (χ2v) is 6.70. The van der Waals surface area contributed by atoms with Gasteiger partial charge in [0.25, 0.3) is 0 Å². The van der Waals surface area contributed by atoms with E-state index in [0.717, 1.165) is 29.9 Å². The van der Waals surface area contributed by atoms with Crippen molar-refractivity contribution in [2.75, 3.05) is 13.1 Å². The highest BCUT2D eigenvalue weighted by Crippen LogP contribution is 2.24. The van der Waals surface area contributed by atoms with E-state index < -0.39 is 11.7 Å². The highest BCUT2D eigenvalue weighted by Gasteiger charge is 2.18. The Labute approximate surface area is 136 Å². The first-order chi connectivity index (χ1) is 10.8. The number of hydrogen-bond acceptors (Lipinski definition) is 4. The van der Waals surface area contributed by atoms with Crippen molar-refractivity contribution in [2.24, 2.45) is 5.73 Å². The number of para-hydroxylation sites is 2. The number of carbonyl (C=O) groups is 1. The molecule has 0 aliphatic carbocycles. The van der Waals surface area contributed by atoms with Crippen LogP contribution in [0.2, 0.25) is 0 Å². The molecular formula is C17H26N4O2. The summed E-state index contributed by atoms with van der Waals surface area (Å²) in [6.07, 6.45) is 1.66. The van der Waals surface area contributed by atoms with Gasteiger partial charge in [-0.1, -0.05) is 12.1 Å². The molecule has 0 atom stereocenters. The summed E-state index contributed by atoms with van der Waals surface area (Å²) in [6.45, 7) is 7.51. The van der Waals surface area contributed by atoms with Crippen molar-refractivity contribution >= 4 is 17.1 Å². The number of rotatable bonds is 1. The van der Waals surface area contributed by atoms with Crippen LogP contribution in [0.5, 0.6) is 0 Å². The molecule has 0 saturated carbocycles. The van der Waals surface area contributed by atoms with Crippen molar-refractivity contribution in [3.63, 3.8) is 0 Å². The van der Waals surface area contributed by atoms with Crippen LogP contribution in [0.3, 0.4) is 0 Å². The number of primary amides is 1. The number of aromatic nitrogens is 2. The topological polar surface area (TPSA) is 93.0 Å². The van der Waals surface area contributed by atoms with Gasteiger partial charge < -0.3 is 20.8 Å². The van der Waals surface area contributed by atoms with Gasteiger partial charge in [0, 0.05) is 5.92 Å². The number of benzene rings is 1. The lowest BCUT2D eigenvalue weighted by Gasteiger charge is -2.20. The highest BCUT2D eigenvalue weighted by atomic mass is 16.6. The summed E-state index contributed by atoms with van der Waals surface area (Å²) in [4.78, 5) is 18.1. The van der Waals surface area contributed by atoms with Gasteiger partial charge >= 0.3 is 6.09 Å². The number of nitrogens with zero attached hydrogens (tertiary/aromatic N) is 1. The second-order valence-electron chi connectivity index (χ2n) is 6.70. The minimum Gasteiger partial charge on any atom is -0.444 e. The molecule has 3 rings (SSSR count). The summed E-state index contributed by atoms with van der Waals surface area (Å²) >= 11 is 0. The number of ether oxygens (including phenoxy) is 1. The van der Waals surface area contributed by atoms with E-state index in [9.17, 15) is 4.79 Å². The summed E-state index contributed by atoms with van der Waals surface area (Å²) in [5.41, 5.74) is 6.51. The number of aromatic amines is 1. The van der Waals surface area contributed by atoms with Crippen LogP contribution in [0, 0.1) is 0 Å². The average Bonchev–Trinajstić information content (AvgIpc) is 2.90. The van der Waals surface area contributed by atoms with Gasteiger partial charge in [-0.15, -0.1) is 0 Å². The SMILES string of the molecule is CC(C)(C)OC(N)=O.c1ccc2[nH]c(C3CCNCC3)nc2c1. The Balaban J connectivity index is 0.000000207. The van der Waals surface area contributed by atoms with Crippen LogP contribution in [0.15, 0.2) is 24.3 Å². The quantitative estimate of drug-likeness (QED) is 0.753. The lowest BCUT2D eigenvalue weighted by molar-refractivity contribution is 0.0600. The van der Waals surface area contributed by atoms with Crippen molar-refractivity contribution in [3.05, 3.63) is 30.1 Å². The van der Waals surface area contributed by atoms with E-state index >= 15 is 0 Å². The van der Waals surface area contributed by atoms with E-state index in [0.29, 0.717) is 5.92 Å². The lowest BCUT2D eigenvalue weighted by Crippen LogP contribution is -2.27. The molecule has 0 radical (unpaired) electrons. The Morgan fingerprint density at radius 1 is 1.26 bits per heavy atom. The molecule has 6 heteroatoms. The summed E-state index contributed by atoms with van der Waals surface area (Å²) in [6, 6.07) is 8.24. The van der Waals surface area contributed by atoms with E-state index in [1.165, 1.54) is 12.8 Å². The molecule has 1 aliphatic heterocycles. The van der Waals surface area contributed by atoms with Crippen molar-refractivity contribution in [3.8, 4) is 0 Å². The molecular weight excluding hydrogens is 292 g/mol. The third kappa shape index (κ3) is 5.56. The third-order valence-corrected chi connectivity index (χ3v) is 3.54. The fourth-order valence-electron chi connectivity index (χ4n) is 2.56. The van der Waals surface area contributed by atoms with Gasteiger partial charge in [-0.05, 0) is 58.8 Å². The number of hydrogen-bond donors (Lipinski definition) is 3. The molecule has 6 nitrogen and oxygen atoms in total. The molecule has 0 unspecified atom stereocenters. The van der Waals surface area contributed by atoms with Gasteiger partial charge in [-0.2, -0.15) is 0 Å². The maximum Gasteiger partial charge on any atom is 0.405 e. The van der Waals surface area contributed by atoms with E-state index in [2.05, 4.69) is 32.2 Å². The van der Waals surface area contributed by atoms with Gasteiger partial charge in [0.15, 0.2) is 0 Å². The molecule has 1 amide bonds. The molecule has 1 aromatic carbocycles. The van der Waals surface area contributed by atoms with E-state index in [-0.39, 0.29) is 0 Å². The first kappa shape index (κ1) is 17.3. The number of amides is 1. The maximum atomic E-state index is 10.0. The summed E-state index contributed by atoms with van der Waals surface area (Å²) in [5, 5.41) is 3.38. The molecule has 1 aromatic heterocycles. The van der Waals surface area contributed by atoms with Crippen molar-refractivity contribution < 1.29 is 9.53 Å². The maximum absolute atomic E-state index is 10.0. The standard InChI is InChI=1S/C12H15N3.C5H11NO2/c1-2-4-11-10(3-1)14-12(15-11)9-5-7-13-8-6-9;1-5(2,3)8-4(6)7/h1-4,9,13H,5-8H2,(H,14,15);1-3H3,(H2,6,7). The van der Waals surface area contributed by atoms with Gasteiger partial charge in [0.05, 0.1) is 11.0 Å². The first-order valence-electron chi connectivity index (χ1n) is 7.99. The smallest absolute Gasteiger partial charge is 0.405 e. The van der Waals surface area contributed by atoms with E-state index in [1.54, 1.807) is 20.8 Å². The molecule has 0 spiro atoms.